The van der Waals surface area contributed by atoms with Crippen molar-refractivity contribution >= 4 is 27.2 Å². The van der Waals surface area contributed by atoms with E-state index in [4.69, 9.17) is 12.2 Å². The molecule has 0 bridgehead atoms. The van der Waals surface area contributed by atoms with Crippen molar-refractivity contribution in [1.82, 2.24) is 10.6 Å². The number of benzene rings is 1. The van der Waals surface area contributed by atoms with Crippen LogP contribution in [0.5, 0.6) is 0 Å². The average molecular weight is 284 g/mol. The smallest absolute Gasteiger partial charge is 0.175 e. The van der Waals surface area contributed by atoms with Gasteiger partial charge in [0.05, 0.1) is 4.90 Å². The largest absolute Gasteiger partial charge is 0.359 e. The minimum absolute atomic E-state index is 0.318. The molecule has 0 aromatic heterocycles. The molecule has 0 amide bonds. The Hall–Kier alpha value is -1.40. The second-order valence-electron chi connectivity index (χ2n) is 3.77. The molecule has 0 unspecified atom stereocenters. The zero-order chi connectivity index (χ0) is 13.6. The first-order chi connectivity index (χ1) is 8.43. The van der Waals surface area contributed by atoms with Crippen molar-refractivity contribution in [2.24, 2.45) is 0 Å². The van der Waals surface area contributed by atoms with E-state index in [0.717, 1.165) is 5.56 Å². The van der Waals surface area contributed by atoms with Crippen LogP contribution in [-0.4, -0.2) is 26.3 Å². The molecule has 0 heterocycles. The first kappa shape index (κ1) is 14.7. The number of thiocarbonyl (C=S) groups is 1. The number of rotatable bonds is 5. The summed E-state index contributed by atoms with van der Waals surface area (Å²) in [5.41, 5.74) is 0.963. The van der Waals surface area contributed by atoms with E-state index in [1.165, 1.54) is 6.26 Å². The van der Waals surface area contributed by atoms with E-state index in [1.54, 1.807) is 30.3 Å². The summed E-state index contributed by atoms with van der Waals surface area (Å²) in [6, 6.07) is 6.71. The van der Waals surface area contributed by atoms with E-state index in [1.807, 2.05) is 0 Å². The molecule has 0 fully saturated rings. The maximum atomic E-state index is 11.3. The van der Waals surface area contributed by atoms with Crippen molar-refractivity contribution in [2.75, 3.05) is 12.8 Å². The van der Waals surface area contributed by atoms with Crippen molar-refractivity contribution in [1.29, 1.82) is 0 Å². The van der Waals surface area contributed by atoms with E-state index >= 15 is 0 Å². The van der Waals surface area contributed by atoms with Gasteiger partial charge in [0.1, 0.15) is 0 Å². The third-order valence-corrected chi connectivity index (χ3v) is 3.63. The van der Waals surface area contributed by atoms with E-state index in [9.17, 15) is 8.42 Å². The van der Waals surface area contributed by atoms with E-state index in [2.05, 4.69) is 17.2 Å². The lowest BCUT2D eigenvalue weighted by Gasteiger charge is -2.09. The van der Waals surface area contributed by atoms with Gasteiger partial charge in [0.2, 0.25) is 0 Å². The maximum Gasteiger partial charge on any atom is 0.175 e. The van der Waals surface area contributed by atoms with Gasteiger partial charge in [-0.25, -0.2) is 8.42 Å². The SMILES string of the molecule is C=CCNC(=S)NCc1ccc(S(C)(=O)=O)cc1. The Morgan fingerprint density at radius 2 is 1.94 bits per heavy atom. The van der Waals surface area contributed by atoms with E-state index < -0.39 is 9.84 Å². The molecule has 0 saturated heterocycles. The summed E-state index contributed by atoms with van der Waals surface area (Å²) in [5.74, 6) is 0. The summed E-state index contributed by atoms with van der Waals surface area (Å²) in [6.45, 7) is 4.74. The Morgan fingerprint density at radius 3 is 2.44 bits per heavy atom. The Labute approximate surface area is 113 Å². The van der Waals surface area contributed by atoms with Crippen molar-refractivity contribution < 1.29 is 8.42 Å². The van der Waals surface area contributed by atoms with Crippen LogP contribution in [0.1, 0.15) is 5.56 Å². The van der Waals surface area contributed by atoms with Gasteiger partial charge in [-0.15, -0.1) is 6.58 Å². The first-order valence-corrected chi connectivity index (χ1v) is 7.65. The Bertz CT molecular complexity index is 522. The van der Waals surface area contributed by atoms with Crippen LogP contribution in [0.15, 0.2) is 41.8 Å². The maximum absolute atomic E-state index is 11.3. The predicted octanol–water partition coefficient (Wildman–Crippen LogP) is 1.24. The van der Waals surface area contributed by atoms with Crippen molar-refractivity contribution in [3.63, 3.8) is 0 Å². The molecule has 1 aromatic rings. The van der Waals surface area contributed by atoms with E-state index in [-0.39, 0.29) is 0 Å². The number of hydrogen-bond donors (Lipinski definition) is 2. The topological polar surface area (TPSA) is 58.2 Å². The zero-order valence-electron chi connectivity index (χ0n) is 10.1. The van der Waals surface area contributed by atoms with Crippen molar-refractivity contribution in [3.8, 4) is 0 Å². The molecule has 0 atom stereocenters. The second-order valence-corrected chi connectivity index (χ2v) is 6.19. The first-order valence-electron chi connectivity index (χ1n) is 5.35. The van der Waals surface area contributed by atoms with Crippen LogP contribution in [0.4, 0.5) is 0 Å². The molecule has 6 heteroatoms. The summed E-state index contributed by atoms with van der Waals surface area (Å²) < 4.78 is 22.5. The highest BCUT2D eigenvalue weighted by molar-refractivity contribution is 7.90. The summed E-state index contributed by atoms with van der Waals surface area (Å²) in [7, 11) is -3.13. The monoisotopic (exact) mass is 284 g/mol. The Morgan fingerprint density at radius 1 is 1.33 bits per heavy atom. The Kier molecular flexibility index (Phi) is 5.30. The second kappa shape index (κ2) is 6.51. The molecule has 18 heavy (non-hydrogen) atoms. The van der Waals surface area contributed by atoms with Gasteiger partial charge in [-0.05, 0) is 29.9 Å². The van der Waals surface area contributed by atoms with Gasteiger partial charge in [0.15, 0.2) is 14.9 Å². The molecule has 0 aliphatic carbocycles. The van der Waals surface area contributed by atoms with Gasteiger partial charge in [0.25, 0.3) is 0 Å². The van der Waals surface area contributed by atoms with Crippen molar-refractivity contribution in [3.05, 3.63) is 42.5 Å². The average Bonchev–Trinajstić information content (AvgIpc) is 2.33. The van der Waals surface area contributed by atoms with Gasteiger partial charge < -0.3 is 10.6 Å². The van der Waals surface area contributed by atoms with Crippen LogP contribution in [-0.2, 0) is 16.4 Å². The van der Waals surface area contributed by atoms with Crippen LogP contribution in [0.3, 0.4) is 0 Å². The molecule has 98 valence electrons. The highest BCUT2D eigenvalue weighted by atomic mass is 32.2. The summed E-state index contributed by atoms with van der Waals surface area (Å²) >= 11 is 5.04. The minimum Gasteiger partial charge on any atom is -0.359 e. The third-order valence-electron chi connectivity index (χ3n) is 2.21. The molecule has 0 spiro atoms. The fourth-order valence-electron chi connectivity index (χ4n) is 1.26. The van der Waals surface area contributed by atoms with Crippen LogP contribution >= 0.6 is 12.2 Å². The quantitative estimate of drug-likeness (QED) is 0.629. The molecular weight excluding hydrogens is 268 g/mol. The van der Waals surface area contributed by atoms with Crippen LogP contribution in [0.2, 0.25) is 0 Å². The fraction of sp³-hybridized carbons (Fsp3) is 0.250. The molecule has 0 saturated carbocycles. The molecule has 2 N–H and O–H groups in total. The molecule has 0 aliphatic rings. The summed E-state index contributed by atoms with van der Waals surface area (Å²) in [5, 5.41) is 6.50. The van der Waals surface area contributed by atoms with Crippen LogP contribution in [0, 0.1) is 0 Å². The molecule has 0 aliphatic heterocycles. The lowest BCUT2D eigenvalue weighted by Crippen LogP contribution is -2.34. The van der Waals surface area contributed by atoms with E-state index in [0.29, 0.717) is 23.1 Å². The van der Waals surface area contributed by atoms with Gasteiger partial charge in [0, 0.05) is 19.3 Å². The highest BCUT2D eigenvalue weighted by Crippen LogP contribution is 2.09. The normalized spacial score (nSPS) is 10.7. The van der Waals surface area contributed by atoms with Gasteiger partial charge in [-0.2, -0.15) is 0 Å². The number of hydrogen-bond acceptors (Lipinski definition) is 3. The Balaban J connectivity index is 2.54. The molecule has 1 aromatic carbocycles. The zero-order valence-corrected chi connectivity index (χ0v) is 11.8. The molecule has 1 rings (SSSR count). The number of nitrogens with one attached hydrogen (secondary N) is 2. The standard InChI is InChI=1S/C12H16N2O2S2/c1-3-8-13-12(17)14-9-10-4-6-11(7-5-10)18(2,15)16/h3-7H,1,8-9H2,2H3,(H2,13,14,17). The highest BCUT2D eigenvalue weighted by Gasteiger charge is 2.05. The third kappa shape index (κ3) is 4.85. The molecule has 4 nitrogen and oxygen atoms in total. The fourth-order valence-corrected chi connectivity index (χ4v) is 2.05. The van der Waals surface area contributed by atoms with Gasteiger partial charge >= 0.3 is 0 Å². The summed E-state index contributed by atoms with van der Waals surface area (Å²) in [4.78, 5) is 0.318. The lowest BCUT2D eigenvalue weighted by molar-refractivity contribution is 0.602. The van der Waals surface area contributed by atoms with Crippen molar-refractivity contribution in [2.45, 2.75) is 11.4 Å². The number of sulfone groups is 1. The lowest BCUT2D eigenvalue weighted by atomic mass is 10.2. The van der Waals surface area contributed by atoms with Crippen LogP contribution < -0.4 is 10.6 Å². The van der Waals surface area contributed by atoms with Crippen LogP contribution in [0.25, 0.3) is 0 Å². The molecule has 0 radical (unpaired) electrons. The van der Waals surface area contributed by atoms with Gasteiger partial charge in [-0.1, -0.05) is 18.2 Å². The van der Waals surface area contributed by atoms with Gasteiger partial charge in [-0.3, -0.25) is 0 Å². The predicted molar refractivity (Wildman–Crippen MR) is 77.2 cm³/mol. The molecular formula is C12H16N2O2S2. The minimum atomic E-state index is -3.13. The summed E-state index contributed by atoms with van der Waals surface area (Å²) in [6.07, 6.45) is 2.91.